The van der Waals surface area contributed by atoms with Crippen LogP contribution in [0.25, 0.3) is 0 Å². The van der Waals surface area contributed by atoms with Gasteiger partial charge in [0, 0.05) is 24.1 Å². The molecule has 0 bridgehead atoms. The Balaban J connectivity index is 2.02. The predicted molar refractivity (Wildman–Crippen MR) is 81.5 cm³/mol. The molecular weight excluding hydrogens is 236 g/mol. The van der Waals surface area contributed by atoms with Crippen LogP contribution in [0.2, 0.25) is 0 Å². The van der Waals surface area contributed by atoms with Gasteiger partial charge in [0.05, 0.1) is 6.10 Å². The summed E-state index contributed by atoms with van der Waals surface area (Å²) in [5.41, 5.74) is 3.22. The molecule has 0 radical (unpaired) electrons. The second-order valence-electron chi connectivity index (χ2n) is 4.64. The van der Waals surface area contributed by atoms with Gasteiger partial charge in [-0.1, -0.05) is 0 Å². The fourth-order valence-electron chi connectivity index (χ4n) is 1.78. The van der Waals surface area contributed by atoms with E-state index in [0.29, 0.717) is 0 Å². The van der Waals surface area contributed by atoms with Gasteiger partial charge in [-0.05, 0) is 62.4 Å². The Morgan fingerprint density at radius 3 is 1.74 bits per heavy atom. The Hall–Kier alpha value is -2.16. The molecule has 0 amide bonds. The molecule has 0 aliphatic carbocycles. The molecular formula is C16H20N2O. The molecule has 0 aromatic heterocycles. The van der Waals surface area contributed by atoms with Crippen LogP contribution in [0, 0.1) is 0 Å². The monoisotopic (exact) mass is 256 g/mol. The molecule has 0 saturated carbocycles. The van der Waals surface area contributed by atoms with Crippen molar-refractivity contribution in [3.63, 3.8) is 0 Å². The van der Waals surface area contributed by atoms with Crippen molar-refractivity contribution in [2.45, 2.75) is 20.0 Å². The molecule has 3 nitrogen and oxygen atoms in total. The van der Waals surface area contributed by atoms with Crippen molar-refractivity contribution in [3.05, 3.63) is 48.5 Å². The molecule has 0 unspecified atom stereocenters. The molecule has 0 aliphatic rings. The van der Waals surface area contributed by atoms with E-state index in [2.05, 4.69) is 10.6 Å². The molecule has 0 fully saturated rings. The van der Waals surface area contributed by atoms with Gasteiger partial charge in [-0.3, -0.25) is 0 Å². The topological polar surface area (TPSA) is 33.3 Å². The van der Waals surface area contributed by atoms with Gasteiger partial charge in [0.25, 0.3) is 0 Å². The molecule has 0 aliphatic heterocycles. The van der Waals surface area contributed by atoms with E-state index >= 15 is 0 Å². The largest absolute Gasteiger partial charge is 0.491 e. The van der Waals surface area contributed by atoms with Gasteiger partial charge in [0.1, 0.15) is 5.75 Å². The highest BCUT2D eigenvalue weighted by Crippen LogP contribution is 2.21. The fraction of sp³-hybridized carbons (Fsp3) is 0.250. The number of anilines is 3. The maximum absolute atomic E-state index is 5.61. The van der Waals surface area contributed by atoms with Crippen molar-refractivity contribution in [3.8, 4) is 5.75 Å². The van der Waals surface area contributed by atoms with Crippen molar-refractivity contribution in [1.29, 1.82) is 0 Å². The molecule has 2 rings (SSSR count). The summed E-state index contributed by atoms with van der Waals surface area (Å²) >= 11 is 0. The Kier molecular flexibility index (Phi) is 4.29. The van der Waals surface area contributed by atoms with Crippen molar-refractivity contribution >= 4 is 17.1 Å². The molecule has 0 spiro atoms. The van der Waals surface area contributed by atoms with Crippen LogP contribution in [-0.4, -0.2) is 13.2 Å². The Labute approximate surface area is 114 Å². The zero-order valence-electron chi connectivity index (χ0n) is 11.6. The fourth-order valence-corrected chi connectivity index (χ4v) is 1.78. The molecule has 3 heteroatoms. The Morgan fingerprint density at radius 1 is 0.789 bits per heavy atom. The summed E-state index contributed by atoms with van der Waals surface area (Å²) in [6.07, 6.45) is 0.202. The van der Waals surface area contributed by atoms with Crippen molar-refractivity contribution in [1.82, 2.24) is 0 Å². The lowest BCUT2D eigenvalue weighted by molar-refractivity contribution is 0.242. The average Bonchev–Trinajstić information content (AvgIpc) is 2.41. The van der Waals surface area contributed by atoms with Gasteiger partial charge in [-0.25, -0.2) is 0 Å². The van der Waals surface area contributed by atoms with Crippen LogP contribution in [0.15, 0.2) is 48.5 Å². The lowest BCUT2D eigenvalue weighted by Gasteiger charge is -2.11. The van der Waals surface area contributed by atoms with Crippen LogP contribution in [0.3, 0.4) is 0 Å². The van der Waals surface area contributed by atoms with Gasteiger partial charge >= 0.3 is 0 Å². The first kappa shape index (κ1) is 13.3. The van der Waals surface area contributed by atoms with Crippen LogP contribution in [0.1, 0.15) is 13.8 Å². The molecule has 2 aromatic carbocycles. The lowest BCUT2D eigenvalue weighted by atomic mass is 10.2. The van der Waals surface area contributed by atoms with Gasteiger partial charge in [0.2, 0.25) is 0 Å². The summed E-state index contributed by atoms with van der Waals surface area (Å²) in [5, 5.41) is 6.45. The molecule has 0 atom stereocenters. The second kappa shape index (κ2) is 6.14. The summed E-state index contributed by atoms with van der Waals surface area (Å²) in [5.74, 6) is 0.895. The highest BCUT2D eigenvalue weighted by molar-refractivity contribution is 5.62. The summed E-state index contributed by atoms with van der Waals surface area (Å²) in [6.45, 7) is 4.05. The zero-order chi connectivity index (χ0) is 13.7. The number of hydrogen-bond donors (Lipinski definition) is 2. The lowest BCUT2D eigenvalue weighted by Crippen LogP contribution is -2.05. The third-order valence-corrected chi connectivity index (χ3v) is 2.69. The SMILES string of the molecule is CNc1ccc(Nc2ccc(OC(C)C)cc2)cc1. The van der Waals surface area contributed by atoms with E-state index in [1.807, 2.05) is 69.4 Å². The average molecular weight is 256 g/mol. The van der Waals surface area contributed by atoms with Gasteiger partial charge < -0.3 is 15.4 Å². The number of ether oxygens (including phenoxy) is 1. The summed E-state index contributed by atoms with van der Waals surface area (Å²) in [7, 11) is 1.91. The molecule has 100 valence electrons. The van der Waals surface area contributed by atoms with Crippen LogP contribution in [0.5, 0.6) is 5.75 Å². The van der Waals surface area contributed by atoms with E-state index in [0.717, 1.165) is 22.8 Å². The highest BCUT2D eigenvalue weighted by Gasteiger charge is 1.99. The Morgan fingerprint density at radius 2 is 1.26 bits per heavy atom. The van der Waals surface area contributed by atoms with E-state index in [9.17, 15) is 0 Å². The number of benzene rings is 2. The first-order valence-electron chi connectivity index (χ1n) is 6.49. The van der Waals surface area contributed by atoms with E-state index < -0.39 is 0 Å². The number of rotatable bonds is 5. The summed E-state index contributed by atoms with van der Waals surface area (Å²) in [6, 6.07) is 16.2. The Bertz CT molecular complexity index is 503. The van der Waals surface area contributed by atoms with E-state index in [1.165, 1.54) is 0 Å². The molecule has 2 aromatic rings. The molecule has 2 N–H and O–H groups in total. The first-order valence-corrected chi connectivity index (χ1v) is 6.49. The minimum atomic E-state index is 0.202. The third-order valence-electron chi connectivity index (χ3n) is 2.69. The van der Waals surface area contributed by atoms with E-state index in [-0.39, 0.29) is 6.10 Å². The quantitative estimate of drug-likeness (QED) is 0.838. The van der Waals surface area contributed by atoms with Crippen molar-refractivity contribution in [2.75, 3.05) is 17.7 Å². The summed E-state index contributed by atoms with van der Waals surface area (Å²) < 4.78 is 5.61. The van der Waals surface area contributed by atoms with Gasteiger partial charge in [-0.2, -0.15) is 0 Å². The summed E-state index contributed by atoms with van der Waals surface area (Å²) in [4.78, 5) is 0. The smallest absolute Gasteiger partial charge is 0.119 e. The maximum atomic E-state index is 5.61. The molecule has 19 heavy (non-hydrogen) atoms. The minimum absolute atomic E-state index is 0.202. The zero-order valence-corrected chi connectivity index (χ0v) is 11.6. The normalized spacial score (nSPS) is 10.3. The van der Waals surface area contributed by atoms with Gasteiger partial charge in [-0.15, -0.1) is 0 Å². The van der Waals surface area contributed by atoms with Crippen LogP contribution in [0.4, 0.5) is 17.1 Å². The maximum Gasteiger partial charge on any atom is 0.119 e. The first-order chi connectivity index (χ1) is 9.17. The number of nitrogens with one attached hydrogen (secondary N) is 2. The van der Waals surface area contributed by atoms with Crippen molar-refractivity contribution < 1.29 is 4.74 Å². The standard InChI is InChI=1S/C16H20N2O/c1-12(2)19-16-10-8-15(9-11-16)18-14-6-4-13(17-3)5-7-14/h4-12,17-18H,1-3H3. The number of hydrogen-bond acceptors (Lipinski definition) is 3. The van der Waals surface area contributed by atoms with Crippen molar-refractivity contribution in [2.24, 2.45) is 0 Å². The van der Waals surface area contributed by atoms with Crippen LogP contribution < -0.4 is 15.4 Å². The van der Waals surface area contributed by atoms with Gasteiger partial charge in [0.15, 0.2) is 0 Å². The predicted octanol–water partition coefficient (Wildman–Crippen LogP) is 4.26. The van der Waals surface area contributed by atoms with Crippen LogP contribution in [-0.2, 0) is 0 Å². The third kappa shape index (κ3) is 3.91. The van der Waals surface area contributed by atoms with E-state index in [1.54, 1.807) is 0 Å². The highest BCUT2D eigenvalue weighted by atomic mass is 16.5. The molecule has 0 heterocycles. The van der Waals surface area contributed by atoms with Crippen LogP contribution >= 0.6 is 0 Å². The molecule has 0 saturated heterocycles. The van der Waals surface area contributed by atoms with E-state index in [4.69, 9.17) is 4.74 Å². The minimum Gasteiger partial charge on any atom is -0.491 e. The second-order valence-corrected chi connectivity index (χ2v) is 4.64.